The zero-order chi connectivity index (χ0) is 23.9. The van der Waals surface area contributed by atoms with Crippen molar-refractivity contribution in [3.63, 3.8) is 0 Å². The van der Waals surface area contributed by atoms with Crippen molar-refractivity contribution in [1.82, 2.24) is 19.9 Å². The Kier molecular flexibility index (Phi) is 6.02. The van der Waals surface area contributed by atoms with Gasteiger partial charge in [-0.05, 0) is 71.8 Å². The van der Waals surface area contributed by atoms with Gasteiger partial charge in [0.25, 0.3) is 0 Å². The second-order valence-corrected chi connectivity index (χ2v) is 8.94. The smallest absolute Gasteiger partial charge is 0.355 e. The monoisotopic (exact) mass is 568 g/mol. The van der Waals surface area contributed by atoms with E-state index < -0.39 is 0 Å². The van der Waals surface area contributed by atoms with Crippen LogP contribution in [0.25, 0.3) is 68.6 Å². The standard InChI is InChI=1S/C32H22N4.Pd/c1-3-7-21(8-4-1)31-27-15-11-23(33-27)19-25-13-17-29(35-25)32(22-9-5-2-6-10-22)30-18-14-26(36-30)20-24-12-16-28(31)34-24;/h1-20,33,36H;/q;+2. The molecule has 0 saturated carbocycles. The minimum Gasteiger partial charge on any atom is -0.355 e. The van der Waals surface area contributed by atoms with Gasteiger partial charge >= 0.3 is 20.4 Å². The van der Waals surface area contributed by atoms with Crippen LogP contribution >= 0.6 is 0 Å². The average molecular weight is 569 g/mol. The number of aromatic nitrogens is 4. The van der Waals surface area contributed by atoms with Gasteiger partial charge in [0.05, 0.1) is 22.8 Å². The molecule has 178 valence electrons. The summed E-state index contributed by atoms with van der Waals surface area (Å²) in [6.07, 6.45) is 8.32. The van der Waals surface area contributed by atoms with E-state index in [9.17, 15) is 0 Å². The third-order valence-electron chi connectivity index (χ3n) is 6.52. The Labute approximate surface area is 228 Å². The second kappa shape index (κ2) is 9.63. The Balaban J connectivity index is 0.00000252. The molecule has 0 radical (unpaired) electrons. The zero-order valence-electron chi connectivity index (χ0n) is 19.8. The molecule has 3 aromatic heterocycles. The fraction of sp³-hybridized carbons (Fsp3) is 0. The second-order valence-electron chi connectivity index (χ2n) is 8.94. The van der Waals surface area contributed by atoms with Gasteiger partial charge < -0.3 is 9.97 Å². The van der Waals surface area contributed by atoms with Crippen molar-refractivity contribution in [3.8, 4) is 22.3 Å². The van der Waals surface area contributed by atoms with Gasteiger partial charge in [-0.3, -0.25) is 0 Å². The molecule has 2 aliphatic heterocycles. The Morgan fingerprint density at radius 2 is 0.892 bits per heavy atom. The SMILES string of the molecule is C1=Cc2nc1cc1ccc([nH]1)c(-c1ccccc1)c1nc(cc3ccc([nH]3)c2-c2ccccc2)C=C1.[Pd+2]. The number of rotatable bonds is 2. The molecule has 37 heavy (non-hydrogen) atoms. The molecule has 0 unspecified atom stereocenters. The summed E-state index contributed by atoms with van der Waals surface area (Å²) in [5.41, 5.74) is 12.1. The first-order chi connectivity index (χ1) is 17.8. The molecule has 4 nitrogen and oxygen atoms in total. The average Bonchev–Trinajstić information content (AvgIpc) is 3.72. The topological polar surface area (TPSA) is 57.4 Å². The molecule has 0 atom stereocenters. The number of H-pyrrole nitrogens is 2. The Morgan fingerprint density at radius 1 is 0.459 bits per heavy atom. The maximum Gasteiger partial charge on any atom is 2.00 e. The van der Waals surface area contributed by atoms with Crippen LogP contribution in [0.5, 0.6) is 0 Å². The summed E-state index contributed by atoms with van der Waals surface area (Å²) < 4.78 is 0. The molecule has 0 fully saturated rings. The maximum absolute atomic E-state index is 4.99. The van der Waals surface area contributed by atoms with Gasteiger partial charge in [-0.25, -0.2) is 9.97 Å². The van der Waals surface area contributed by atoms with Gasteiger partial charge in [-0.2, -0.15) is 0 Å². The number of benzene rings is 2. The van der Waals surface area contributed by atoms with Crippen LogP contribution < -0.4 is 0 Å². The van der Waals surface area contributed by atoms with Crippen LogP contribution in [0.3, 0.4) is 0 Å². The number of hydrogen-bond donors (Lipinski definition) is 2. The van der Waals surface area contributed by atoms with Gasteiger partial charge in [0.2, 0.25) is 0 Å². The van der Waals surface area contributed by atoms with E-state index in [1.165, 1.54) is 0 Å². The largest absolute Gasteiger partial charge is 2.00 e. The molecule has 7 rings (SSSR count). The molecule has 5 heteroatoms. The molecular weight excluding hydrogens is 547 g/mol. The number of hydrogen-bond acceptors (Lipinski definition) is 2. The van der Waals surface area contributed by atoms with Gasteiger partial charge in [-0.1, -0.05) is 60.7 Å². The van der Waals surface area contributed by atoms with Crippen molar-refractivity contribution in [3.05, 3.63) is 120 Å². The predicted molar refractivity (Wildman–Crippen MR) is 150 cm³/mol. The molecule has 5 heterocycles. The van der Waals surface area contributed by atoms with E-state index in [1.807, 2.05) is 12.1 Å². The fourth-order valence-corrected chi connectivity index (χ4v) is 4.89. The van der Waals surface area contributed by atoms with Crippen molar-refractivity contribution >= 4 is 46.4 Å². The van der Waals surface area contributed by atoms with Crippen LogP contribution in [0, 0.1) is 0 Å². The van der Waals surface area contributed by atoms with E-state index in [0.717, 1.165) is 67.1 Å². The van der Waals surface area contributed by atoms with E-state index in [4.69, 9.17) is 9.97 Å². The summed E-state index contributed by atoms with van der Waals surface area (Å²) in [4.78, 5) is 17.2. The Morgan fingerprint density at radius 3 is 1.32 bits per heavy atom. The molecule has 8 bridgehead atoms. The van der Waals surface area contributed by atoms with Crippen LogP contribution in [-0.4, -0.2) is 19.9 Å². The van der Waals surface area contributed by atoms with E-state index in [2.05, 4.69) is 119 Å². The molecular formula is C32H22N4Pd+2. The van der Waals surface area contributed by atoms with Crippen molar-refractivity contribution in [1.29, 1.82) is 0 Å². The maximum atomic E-state index is 4.99. The molecule has 0 spiro atoms. The minimum atomic E-state index is 0. The van der Waals surface area contributed by atoms with Crippen molar-refractivity contribution < 1.29 is 20.4 Å². The number of nitrogens with zero attached hydrogens (tertiary/aromatic N) is 2. The third kappa shape index (κ3) is 4.40. The molecule has 2 aliphatic rings. The van der Waals surface area contributed by atoms with Crippen molar-refractivity contribution in [2.24, 2.45) is 0 Å². The summed E-state index contributed by atoms with van der Waals surface area (Å²) >= 11 is 0. The van der Waals surface area contributed by atoms with Crippen LogP contribution in [0.4, 0.5) is 0 Å². The van der Waals surface area contributed by atoms with Gasteiger partial charge in [0, 0.05) is 33.2 Å². The summed E-state index contributed by atoms with van der Waals surface area (Å²) in [6, 6.07) is 33.4. The quantitative estimate of drug-likeness (QED) is 0.208. The number of fused-ring (bicyclic) bond motifs is 8. The van der Waals surface area contributed by atoms with Crippen LogP contribution in [0.2, 0.25) is 0 Å². The van der Waals surface area contributed by atoms with Crippen molar-refractivity contribution in [2.75, 3.05) is 0 Å². The summed E-state index contributed by atoms with van der Waals surface area (Å²) in [5, 5.41) is 0. The summed E-state index contributed by atoms with van der Waals surface area (Å²) in [6.45, 7) is 0. The van der Waals surface area contributed by atoms with Crippen LogP contribution in [0.1, 0.15) is 22.8 Å². The fourth-order valence-electron chi connectivity index (χ4n) is 4.89. The molecule has 0 aliphatic carbocycles. The predicted octanol–water partition coefficient (Wildman–Crippen LogP) is 7.99. The summed E-state index contributed by atoms with van der Waals surface area (Å²) in [7, 11) is 0. The van der Waals surface area contributed by atoms with E-state index >= 15 is 0 Å². The van der Waals surface area contributed by atoms with Gasteiger partial charge in [0.15, 0.2) is 0 Å². The van der Waals surface area contributed by atoms with Crippen molar-refractivity contribution in [2.45, 2.75) is 0 Å². The van der Waals surface area contributed by atoms with Crippen LogP contribution in [-0.2, 0) is 20.4 Å². The minimum absolute atomic E-state index is 0. The first-order valence-corrected chi connectivity index (χ1v) is 12.0. The molecule has 2 aromatic carbocycles. The molecule has 0 amide bonds. The molecule has 2 N–H and O–H groups in total. The van der Waals surface area contributed by atoms with E-state index in [0.29, 0.717) is 0 Å². The van der Waals surface area contributed by atoms with E-state index in [-0.39, 0.29) is 20.4 Å². The first kappa shape index (κ1) is 23.1. The number of nitrogens with one attached hydrogen (secondary N) is 2. The molecule has 0 saturated heterocycles. The zero-order valence-corrected chi connectivity index (χ0v) is 21.3. The molecule has 5 aromatic rings. The summed E-state index contributed by atoms with van der Waals surface area (Å²) in [5.74, 6) is 0. The third-order valence-corrected chi connectivity index (χ3v) is 6.52. The van der Waals surface area contributed by atoms with Crippen LogP contribution in [0.15, 0.2) is 97.1 Å². The van der Waals surface area contributed by atoms with Gasteiger partial charge in [-0.15, -0.1) is 0 Å². The normalized spacial score (nSPS) is 11.9. The Bertz CT molecular complexity index is 1690. The number of aromatic amines is 2. The van der Waals surface area contributed by atoms with Gasteiger partial charge in [0.1, 0.15) is 0 Å². The Hall–Kier alpha value is -4.30. The first-order valence-electron chi connectivity index (χ1n) is 12.0. The van der Waals surface area contributed by atoms with E-state index in [1.54, 1.807) is 0 Å².